The molecule has 3 aromatic rings. The zero-order valence-electron chi connectivity index (χ0n) is 17.7. The lowest BCUT2D eigenvalue weighted by molar-refractivity contribution is 0.0697. The Labute approximate surface area is 207 Å². The zero-order chi connectivity index (χ0) is 24.0. The smallest absolute Gasteiger partial charge is 0.335 e. The van der Waals surface area contributed by atoms with Gasteiger partial charge in [-0.05, 0) is 72.0 Å². The highest BCUT2D eigenvalue weighted by Crippen LogP contribution is 2.50. The van der Waals surface area contributed by atoms with Crippen LogP contribution in [0.3, 0.4) is 0 Å². The number of rotatable bonds is 5. The highest BCUT2D eigenvalue weighted by molar-refractivity contribution is 7.92. The summed E-state index contributed by atoms with van der Waals surface area (Å²) in [4.78, 5) is 11.3. The van der Waals surface area contributed by atoms with Gasteiger partial charge < -0.3 is 10.4 Å². The third-order valence-corrected chi connectivity index (χ3v) is 8.26. The van der Waals surface area contributed by atoms with Crippen molar-refractivity contribution in [2.75, 3.05) is 10.0 Å². The minimum absolute atomic E-state index is 0.0267. The van der Waals surface area contributed by atoms with Gasteiger partial charge in [-0.1, -0.05) is 47.5 Å². The van der Waals surface area contributed by atoms with E-state index in [4.69, 9.17) is 23.2 Å². The molecule has 1 heterocycles. The molecule has 3 atom stereocenters. The van der Waals surface area contributed by atoms with Gasteiger partial charge in [0.25, 0.3) is 10.0 Å². The van der Waals surface area contributed by atoms with Crippen LogP contribution in [0.4, 0.5) is 11.4 Å². The standard InChI is InChI=1S/C25H20Cl2N2O4S/c26-16-8-10-21(27)23(12-16)29-34(32,33)17-9-11-22-20(13-17)18-2-1-3-19(18)24(28-22)14-4-6-15(7-5-14)25(30)31/h1-2,4-13,18-19,24,28-29H,3H2,(H,30,31)/t18-,19+,24-/m0/s1. The van der Waals surface area contributed by atoms with Crippen molar-refractivity contribution >= 4 is 50.6 Å². The number of carboxylic acids is 1. The van der Waals surface area contributed by atoms with Gasteiger partial charge in [-0.25, -0.2) is 13.2 Å². The van der Waals surface area contributed by atoms with Crippen LogP contribution in [0.15, 0.2) is 77.7 Å². The lowest BCUT2D eigenvalue weighted by Crippen LogP contribution is -2.29. The Morgan fingerprint density at radius 3 is 2.53 bits per heavy atom. The average molecular weight is 515 g/mol. The summed E-state index contributed by atoms with van der Waals surface area (Å²) < 4.78 is 28.8. The lowest BCUT2D eigenvalue weighted by Gasteiger charge is -2.37. The quantitative estimate of drug-likeness (QED) is 0.346. The third-order valence-electron chi connectivity index (χ3n) is 6.33. The van der Waals surface area contributed by atoms with Gasteiger partial charge in [0.2, 0.25) is 0 Å². The Kier molecular flexibility index (Phi) is 5.80. The summed E-state index contributed by atoms with van der Waals surface area (Å²) in [6.07, 6.45) is 5.05. The van der Waals surface area contributed by atoms with E-state index >= 15 is 0 Å². The predicted octanol–water partition coefficient (Wildman–Crippen LogP) is 6.32. The van der Waals surface area contributed by atoms with Gasteiger partial charge in [0, 0.05) is 16.6 Å². The highest BCUT2D eigenvalue weighted by atomic mass is 35.5. The van der Waals surface area contributed by atoms with E-state index in [0.717, 1.165) is 23.2 Å². The Morgan fingerprint density at radius 2 is 1.79 bits per heavy atom. The number of allylic oxidation sites excluding steroid dienone is 2. The van der Waals surface area contributed by atoms with E-state index in [1.54, 1.807) is 36.4 Å². The number of hydrogen-bond acceptors (Lipinski definition) is 4. The fourth-order valence-electron chi connectivity index (χ4n) is 4.68. The molecule has 0 saturated carbocycles. The predicted molar refractivity (Wildman–Crippen MR) is 133 cm³/mol. The minimum atomic E-state index is -3.89. The molecular weight excluding hydrogens is 495 g/mol. The van der Waals surface area contributed by atoms with E-state index in [1.165, 1.54) is 12.1 Å². The van der Waals surface area contributed by atoms with Crippen LogP contribution in [-0.2, 0) is 10.0 Å². The van der Waals surface area contributed by atoms with Crippen LogP contribution in [0.2, 0.25) is 10.0 Å². The Hall–Kier alpha value is -3.00. The molecule has 0 saturated heterocycles. The Balaban J connectivity index is 1.47. The largest absolute Gasteiger partial charge is 0.478 e. The van der Waals surface area contributed by atoms with Crippen LogP contribution >= 0.6 is 23.2 Å². The summed E-state index contributed by atoms with van der Waals surface area (Å²) in [5.74, 6) is -0.753. The maximum atomic E-state index is 13.1. The summed E-state index contributed by atoms with van der Waals surface area (Å²) in [6.45, 7) is 0. The molecule has 3 N–H and O–H groups in total. The van der Waals surface area contributed by atoms with E-state index in [1.807, 2.05) is 12.1 Å². The highest BCUT2D eigenvalue weighted by Gasteiger charge is 2.38. The van der Waals surface area contributed by atoms with Crippen LogP contribution in [0.25, 0.3) is 0 Å². The molecule has 0 bridgehead atoms. The molecule has 174 valence electrons. The van der Waals surface area contributed by atoms with Gasteiger partial charge in [-0.3, -0.25) is 4.72 Å². The van der Waals surface area contributed by atoms with Crippen molar-refractivity contribution in [3.8, 4) is 0 Å². The zero-order valence-corrected chi connectivity index (χ0v) is 20.0. The number of hydrogen-bond donors (Lipinski definition) is 3. The number of fused-ring (bicyclic) bond motifs is 3. The van der Waals surface area contributed by atoms with E-state index in [9.17, 15) is 18.3 Å². The summed E-state index contributed by atoms with van der Waals surface area (Å²) in [5.41, 5.74) is 3.19. The van der Waals surface area contributed by atoms with Gasteiger partial charge in [0.05, 0.1) is 27.2 Å². The number of aromatic carboxylic acids is 1. The first-order valence-corrected chi connectivity index (χ1v) is 12.8. The molecule has 0 radical (unpaired) electrons. The number of benzene rings is 3. The van der Waals surface area contributed by atoms with Crippen molar-refractivity contribution < 1.29 is 18.3 Å². The van der Waals surface area contributed by atoms with Crippen molar-refractivity contribution in [1.29, 1.82) is 0 Å². The van der Waals surface area contributed by atoms with Crippen molar-refractivity contribution in [3.05, 3.63) is 99.6 Å². The van der Waals surface area contributed by atoms with Crippen LogP contribution in [0.5, 0.6) is 0 Å². The summed E-state index contributed by atoms with van der Waals surface area (Å²) in [7, 11) is -3.89. The van der Waals surface area contributed by atoms with Crippen LogP contribution < -0.4 is 10.0 Å². The number of carbonyl (C=O) groups is 1. The Morgan fingerprint density at radius 1 is 1.03 bits per heavy atom. The molecule has 2 aliphatic rings. The van der Waals surface area contributed by atoms with Gasteiger partial charge in [-0.2, -0.15) is 0 Å². The Bertz CT molecular complexity index is 1420. The fraction of sp³-hybridized carbons (Fsp3) is 0.160. The average Bonchev–Trinajstić information content (AvgIpc) is 3.31. The SMILES string of the molecule is O=C(O)c1ccc([C@@H]2Nc3ccc(S(=O)(=O)Nc4cc(Cl)ccc4Cl)cc3[C@H]3C=CC[C@H]32)cc1. The van der Waals surface area contributed by atoms with Crippen molar-refractivity contribution in [2.24, 2.45) is 5.92 Å². The van der Waals surface area contributed by atoms with Crippen LogP contribution in [-0.4, -0.2) is 19.5 Å². The van der Waals surface area contributed by atoms with Crippen LogP contribution in [0.1, 0.15) is 39.9 Å². The molecule has 0 fully saturated rings. The molecule has 1 aliphatic carbocycles. The van der Waals surface area contributed by atoms with E-state index in [0.29, 0.717) is 5.02 Å². The van der Waals surface area contributed by atoms with E-state index in [2.05, 4.69) is 22.2 Å². The monoisotopic (exact) mass is 514 g/mol. The lowest BCUT2D eigenvalue weighted by atomic mass is 9.77. The second kappa shape index (κ2) is 8.65. The molecule has 3 aromatic carbocycles. The number of anilines is 2. The molecule has 1 aliphatic heterocycles. The fourth-order valence-corrected chi connectivity index (χ4v) is 6.18. The first-order valence-electron chi connectivity index (χ1n) is 10.6. The topological polar surface area (TPSA) is 95.5 Å². The van der Waals surface area contributed by atoms with Gasteiger partial charge in [-0.15, -0.1) is 0 Å². The van der Waals surface area contributed by atoms with E-state index in [-0.39, 0.29) is 39.0 Å². The van der Waals surface area contributed by atoms with Crippen molar-refractivity contribution in [3.63, 3.8) is 0 Å². The summed E-state index contributed by atoms with van der Waals surface area (Å²) >= 11 is 12.1. The maximum absolute atomic E-state index is 13.1. The number of nitrogens with one attached hydrogen (secondary N) is 2. The normalized spacial score (nSPS) is 20.8. The molecule has 34 heavy (non-hydrogen) atoms. The van der Waals surface area contributed by atoms with Crippen molar-refractivity contribution in [2.45, 2.75) is 23.3 Å². The number of carboxylic acid groups (broad SMARTS) is 1. The summed E-state index contributed by atoms with van der Waals surface area (Å²) in [6, 6.07) is 16.5. The molecule has 0 unspecified atom stereocenters. The van der Waals surface area contributed by atoms with Gasteiger partial charge in [0.1, 0.15) is 0 Å². The second-order valence-corrected chi connectivity index (χ2v) is 10.9. The minimum Gasteiger partial charge on any atom is -0.478 e. The van der Waals surface area contributed by atoms with Crippen molar-refractivity contribution in [1.82, 2.24) is 0 Å². The third kappa shape index (κ3) is 4.15. The molecule has 6 nitrogen and oxygen atoms in total. The van der Waals surface area contributed by atoms with Crippen LogP contribution in [0, 0.1) is 5.92 Å². The molecule has 0 aromatic heterocycles. The molecular formula is C25H20Cl2N2O4S. The maximum Gasteiger partial charge on any atom is 0.335 e. The summed E-state index contributed by atoms with van der Waals surface area (Å²) in [5, 5.41) is 13.3. The first kappa shape index (κ1) is 22.8. The molecule has 5 rings (SSSR count). The molecule has 0 amide bonds. The van der Waals surface area contributed by atoms with Gasteiger partial charge >= 0.3 is 5.97 Å². The van der Waals surface area contributed by atoms with Gasteiger partial charge in [0.15, 0.2) is 0 Å². The second-order valence-electron chi connectivity index (χ2n) is 8.38. The first-order chi connectivity index (χ1) is 16.2. The number of sulfonamides is 1. The number of halogens is 2. The molecule has 9 heteroatoms. The molecule has 0 spiro atoms. The van der Waals surface area contributed by atoms with E-state index < -0.39 is 16.0 Å².